The summed E-state index contributed by atoms with van der Waals surface area (Å²) in [6.45, 7) is 6.93. The summed E-state index contributed by atoms with van der Waals surface area (Å²) in [7, 11) is 1.38. The third kappa shape index (κ3) is 3.38. The number of hydrogen-bond donors (Lipinski definition) is 0. The fourth-order valence-electron chi connectivity index (χ4n) is 8.21. The highest BCUT2D eigenvalue weighted by molar-refractivity contribution is 5.91. The van der Waals surface area contributed by atoms with Crippen LogP contribution in [-0.2, 0) is 33.4 Å². The number of fused-ring (bicyclic) bond motifs is 5. The lowest BCUT2D eigenvalue weighted by molar-refractivity contribution is -0.200. The van der Waals surface area contributed by atoms with Gasteiger partial charge in [-0.15, -0.1) is 0 Å². The van der Waals surface area contributed by atoms with E-state index in [0.29, 0.717) is 6.42 Å². The molecule has 4 aliphatic carbocycles. The highest BCUT2D eigenvalue weighted by atomic mass is 16.6. The number of methoxy groups -OCH3 is 1. The van der Waals surface area contributed by atoms with Crippen LogP contribution in [0.4, 0.5) is 0 Å². The normalized spacial score (nSPS) is 45.2. The van der Waals surface area contributed by atoms with Crippen molar-refractivity contribution in [3.63, 3.8) is 0 Å². The molecule has 0 unspecified atom stereocenters. The number of ether oxygens (including phenoxy) is 3. The minimum absolute atomic E-state index is 0.0297. The summed E-state index contributed by atoms with van der Waals surface area (Å²) in [5.74, 6) is -1.18. The van der Waals surface area contributed by atoms with Gasteiger partial charge in [-0.1, -0.05) is 13.8 Å². The molecule has 0 saturated heterocycles. The van der Waals surface area contributed by atoms with Crippen molar-refractivity contribution < 1.29 is 33.4 Å². The molecule has 0 heterocycles. The number of ketones is 1. The predicted molar refractivity (Wildman–Crippen MR) is 114 cm³/mol. The van der Waals surface area contributed by atoms with Gasteiger partial charge in [0.2, 0.25) is 0 Å². The van der Waals surface area contributed by atoms with Gasteiger partial charge in [0.25, 0.3) is 0 Å². The molecule has 9 atom stereocenters. The molecule has 0 aromatic heterocycles. The van der Waals surface area contributed by atoms with Gasteiger partial charge >= 0.3 is 17.9 Å². The summed E-state index contributed by atoms with van der Waals surface area (Å²) in [4.78, 5) is 50.3. The van der Waals surface area contributed by atoms with Gasteiger partial charge in [-0.3, -0.25) is 19.2 Å². The molecule has 0 aromatic rings. The zero-order valence-electron chi connectivity index (χ0n) is 19.8. The van der Waals surface area contributed by atoms with Crippen molar-refractivity contribution in [2.75, 3.05) is 7.11 Å². The van der Waals surface area contributed by atoms with Crippen LogP contribution in [0.3, 0.4) is 0 Å². The van der Waals surface area contributed by atoms with E-state index < -0.39 is 23.4 Å². The van der Waals surface area contributed by atoms with Crippen LogP contribution >= 0.6 is 0 Å². The molecular weight excluding hydrogens is 412 g/mol. The lowest BCUT2D eigenvalue weighted by Gasteiger charge is -2.61. The first kappa shape index (κ1) is 23.2. The Morgan fingerprint density at radius 2 is 1.62 bits per heavy atom. The van der Waals surface area contributed by atoms with E-state index in [1.807, 2.05) is 6.92 Å². The Kier molecular flexibility index (Phi) is 5.91. The van der Waals surface area contributed by atoms with E-state index >= 15 is 0 Å². The third-order valence-electron chi connectivity index (χ3n) is 9.54. The van der Waals surface area contributed by atoms with Gasteiger partial charge in [-0.2, -0.15) is 0 Å². The second-order valence-corrected chi connectivity index (χ2v) is 10.9. The molecule has 4 saturated carbocycles. The van der Waals surface area contributed by atoms with Gasteiger partial charge in [0.1, 0.15) is 6.10 Å². The minimum Gasteiger partial charge on any atom is -0.469 e. The molecule has 0 aliphatic heterocycles. The Balaban J connectivity index is 1.70. The van der Waals surface area contributed by atoms with E-state index in [4.69, 9.17) is 14.2 Å². The van der Waals surface area contributed by atoms with Crippen molar-refractivity contribution in [3.8, 4) is 0 Å². The topological polar surface area (TPSA) is 96.0 Å². The van der Waals surface area contributed by atoms with Crippen molar-refractivity contribution in [2.24, 2.45) is 40.4 Å². The summed E-state index contributed by atoms with van der Waals surface area (Å²) in [6, 6.07) is 0. The van der Waals surface area contributed by atoms with E-state index in [1.54, 1.807) is 0 Å². The molecule has 7 heteroatoms. The van der Waals surface area contributed by atoms with Gasteiger partial charge < -0.3 is 14.2 Å². The zero-order chi connectivity index (χ0) is 23.4. The van der Waals surface area contributed by atoms with Crippen molar-refractivity contribution in [1.82, 2.24) is 0 Å². The lowest BCUT2D eigenvalue weighted by atomic mass is 9.43. The average Bonchev–Trinajstić information content (AvgIpc) is 3.07. The van der Waals surface area contributed by atoms with E-state index in [9.17, 15) is 19.2 Å². The van der Waals surface area contributed by atoms with Crippen LogP contribution in [0.5, 0.6) is 0 Å². The van der Waals surface area contributed by atoms with Crippen LogP contribution in [0.2, 0.25) is 0 Å². The van der Waals surface area contributed by atoms with E-state index in [2.05, 4.69) is 6.92 Å². The smallest absolute Gasteiger partial charge is 0.309 e. The second kappa shape index (κ2) is 8.14. The summed E-state index contributed by atoms with van der Waals surface area (Å²) < 4.78 is 16.3. The Morgan fingerprint density at radius 1 is 0.938 bits per heavy atom. The number of carbonyl (C=O) groups is 4. The maximum atomic E-state index is 14.1. The van der Waals surface area contributed by atoms with Crippen LogP contribution in [0.15, 0.2) is 0 Å². The predicted octanol–water partition coefficient (Wildman–Crippen LogP) is 3.47. The van der Waals surface area contributed by atoms with Crippen molar-refractivity contribution >= 4 is 23.7 Å². The molecule has 0 amide bonds. The maximum absolute atomic E-state index is 14.1. The molecule has 178 valence electrons. The first-order valence-electron chi connectivity index (χ1n) is 12.0. The van der Waals surface area contributed by atoms with Gasteiger partial charge in [-0.05, 0) is 68.1 Å². The molecule has 4 aliphatic rings. The summed E-state index contributed by atoms with van der Waals surface area (Å²) >= 11 is 0. The highest BCUT2D eigenvalue weighted by Gasteiger charge is 2.69. The maximum Gasteiger partial charge on any atom is 0.309 e. The van der Waals surface area contributed by atoms with E-state index in [0.717, 1.165) is 38.5 Å². The molecule has 7 nitrogen and oxygen atoms in total. The Hall–Kier alpha value is -1.92. The van der Waals surface area contributed by atoms with E-state index in [1.165, 1.54) is 21.0 Å². The highest BCUT2D eigenvalue weighted by Crippen LogP contribution is 2.67. The molecule has 32 heavy (non-hydrogen) atoms. The van der Waals surface area contributed by atoms with Gasteiger partial charge in [0.05, 0.1) is 13.0 Å². The summed E-state index contributed by atoms with van der Waals surface area (Å²) in [5, 5.41) is 0. The lowest BCUT2D eigenvalue weighted by Crippen LogP contribution is -2.64. The SMILES string of the molecule is COC(=O)[C@H]1CC[C@H]2[C@@H]3CC[C@@H]4C[C@H](OC(C)=O)CC[C@]4(C)[C@H]3C(=O)[C@H](OC(C)=O)[C@]12C. The zero-order valence-corrected chi connectivity index (χ0v) is 19.8. The average molecular weight is 449 g/mol. The number of hydrogen-bond acceptors (Lipinski definition) is 7. The van der Waals surface area contributed by atoms with Crippen LogP contribution < -0.4 is 0 Å². The van der Waals surface area contributed by atoms with Crippen molar-refractivity contribution in [3.05, 3.63) is 0 Å². The molecule has 0 aromatic carbocycles. The quantitative estimate of drug-likeness (QED) is 0.482. The monoisotopic (exact) mass is 448 g/mol. The van der Waals surface area contributed by atoms with Crippen LogP contribution in [-0.4, -0.2) is 43.0 Å². The first-order chi connectivity index (χ1) is 15.0. The molecule has 4 fully saturated rings. The van der Waals surface area contributed by atoms with Crippen molar-refractivity contribution in [2.45, 2.75) is 84.8 Å². The standard InChI is InChI=1S/C25H36O7/c1-13(26)31-16-10-11-24(3)15(12-16)6-7-17-18-8-9-19(23(29)30-5)25(18,4)22(32-14(2)27)21(28)20(17)24/h15-20,22H,6-12H2,1-5H3/t15-,16-,17+,18+,19-,20-,22+,24+,25+/m1/s1. The molecule has 0 N–H and O–H groups in total. The summed E-state index contributed by atoms with van der Waals surface area (Å²) in [5.41, 5.74) is -0.963. The summed E-state index contributed by atoms with van der Waals surface area (Å²) in [6.07, 6.45) is 4.67. The van der Waals surface area contributed by atoms with Gasteiger partial charge in [0.15, 0.2) is 11.9 Å². The van der Waals surface area contributed by atoms with Gasteiger partial charge in [0, 0.05) is 25.2 Å². The van der Waals surface area contributed by atoms with Crippen LogP contribution in [0, 0.1) is 40.4 Å². The molecule has 0 spiro atoms. The molecular formula is C25H36O7. The largest absolute Gasteiger partial charge is 0.469 e. The fraction of sp³-hybridized carbons (Fsp3) is 0.840. The third-order valence-corrected chi connectivity index (χ3v) is 9.54. The number of rotatable bonds is 3. The number of esters is 3. The van der Waals surface area contributed by atoms with Crippen LogP contribution in [0.25, 0.3) is 0 Å². The minimum atomic E-state index is -0.931. The second-order valence-electron chi connectivity index (χ2n) is 10.9. The number of Topliss-reactive ketones (excluding diaryl/α,β-unsaturated/α-hetero) is 1. The Labute approximate surface area is 189 Å². The first-order valence-corrected chi connectivity index (χ1v) is 12.0. The molecule has 4 rings (SSSR count). The molecule has 0 radical (unpaired) electrons. The fourth-order valence-corrected chi connectivity index (χ4v) is 8.21. The van der Waals surface area contributed by atoms with E-state index in [-0.39, 0.29) is 52.9 Å². The Bertz CT molecular complexity index is 821. The Morgan fingerprint density at radius 3 is 2.25 bits per heavy atom. The van der Waals surface area contributed by atoms with Crippen LogP contribution in [0.1, 0.15) is 72.6 Å². The molecule has 0 bridgehead atoms. The number of carbonyl (C=O) groups excluding carboxylic acids is 4. The van der Waals surface area contributed by atoms with Crippen molar-refractivity contribution in [1.29, 1.82) is 0 Å². The van der Waals surface area contributed by atoms with Gasteiger partial charge in [-0.25, -0.2) is 0 Å².